The van der Waals surface area contributed by atoms with E-state index in [4.69, 9.17) is 15.0 Å². The van der Waals surface area contributed by atoms with Gasteiger partial charge in [-0.25, -0.2) is 15.0 Å². The van der Waals surface area contributed by atoms with Gasteiger partial charge in [0, 0.05) is 43.9 Å². The summed E-state index contributed by atoms with van der Waals surface area (Å²) in [5.41, 5.74) is 14.9. The van der Waals surface area contributed by atoms with Crippen LogP contribution >= 0.6 is 0 Å². The fraction of sp³-hybridized carbons (Fsp3) is 0. The second-order valence-electron chi connectivity index (χ2n) is 18.5. The van der Waals surface area contributed by atoms with E-state index in [1.807, 2.05) is 78.9 Å². The van der Waals surface area contributed by atoms with Crippen molar-refractivity contribution in [1.29, 1.82) is 21.0 Å². The highest BCUT2D eigenvalue weighted by molar-refractivity contribution is 6.13. The molecule has 0 spiro atoms. The van der Waals surface area contributed by atoms with Crippen molar-refractivity contribution in [2.24, 2.45) is 0 Å². The Kier molecular flexibility index (Phi) is 10.8. The molecule has 0 saturated heterocycles. The molecule has 0 aliphatic heterocycles. The topological polar surface area (TPSA) is 144 Å². The molecule has 9 heteroatoms. The van der Waals surface area contributed by atoms with Gasteiger partial charge in [0.25, 0.3) is 0 Å². The number of nitrogens with zero attached hydrogens (tertiary/aromatic N) is 9. The van der Waals surface area contributed by atoms with Gasteiger partial charge in [-0.1, -0.05) is 121 Å². The van der Waals surface area contributed by atoms with Gasteiger partial charge in [-0.15, -0.1) is 0 Å². The number of rotatable bonds is 8. The monoisotopic (exact) mass is 967 g/mol. The Morgan fingerprint density at radius 2 is 0.658 bits per heavy atom. The van der Waals surface area contributed by atoms with Gasteiger partial charge in [0.2, 0.25) is 0 Å². The molecule has 76 heavy (non-hydrogen) atoms. The SMILES string of the molecule is N#Cc1cc(C#N)cc(-c2ccc3c(c2)c2cc(-c4cc(C#N)cc(C#N)c4)ccc2n3-c2ccc(-c3ccc4c(c3)c3ccccc3n4-c3ccccc3)cc2-c2nc(-c3ccccc3)nc(-c3ccccc3)n2)c1. The van der Waals surface area contributed by atoms with E-state index in [9.17, 15) is 21.0 Å². The lowest BCUT2D eigenvalue weighted by atomic mass is 9.97. The smallest absolute Gasteiger partial charge is 0.166 e. The molecule has 0 fully saturated rings. The summed E-state index contributed by atoms with van der Waals surface area (Å²) in [6.07, 6.45) is 0. The third-order valence-electron chi connectivity index (χ3n) is 14.0. The summed E-state index contributed by atoms with van der Waals surface area (Å²) in [6.45, 7) is 0. The first-order valence-electron chi connectivity index (χ1n) is 24.6. The summed E-state index contributed by atoms with van der Waals surface area (Å²) in [7, 11) is 0. The van der Waals surface area contributed by atoms with E-state index in [2.05, 4.69) is 143 Å². The quantitative estimate of drug-likeness (QED) is 0.147. The summed E-state index contributed by atoms with van der Waals surface area (Å²) in [4.78, 5) is 15.7. The van der Waals surface area contributed by atoms with E-state index in [0.717, 1.165) is 105 Å². The van der Waals surface area contributed by atoms with E-state index >= 15 is 0 Å². The van der Waals surface area contributed by atoms with Crippen LogP contribution in [0.5, 0.6) is 0 Å². The zero-order chi connectivity index (χ0) is 51.3. The standard InChI is InChI=1S/C67H37N9/c68-38-42-28-43(39-69)31-52(30-42)50-22-25-62-57(35-50)58-36-51(53-32-44(40-70)29-45(33-53)41-71)23-26-63(58)76(62)64-27-21-49(48-20-24-61-56(34-48)55-18-10-11-19-60(55)75(61)54-16-8-3-9-17-54)37-59(64)67-73-65(46-12-4-1-5-13-46)72-66(74-67)47-14-6-2-7-15-47/h1-37H. The Morgan fingerprint density at radius 1 is 0.276 bits per heavy atom. The maximum Gasteiger partial charge on any atom is 0.166 e. The van der Waals surface area contributed by atoms with Crippen LogP contribution in [-0.2, 0) is 0 Å². The molecule has 0 N–H and O–H groups in total. The number of hydrogen-bond donors (Lipinski definition) is 0. The molecular weight excluding hydrogens is 931 g/mol. The number of para-hydroxylation sites is 2. The molecule has 0 aliphatic carbocycles. The van der Waals surface area contributed by atoms with Crippen LogP contribution in [0.2, 0.25) is 0 Å². The molecule has 0 saturated carbocycles. The second-order valence-corrected chi connectivity index (χ2v) is 18.5. The molecule has 10 aromatic carbocycles. The highest BCUT2D eigenvalue weighted by Gasteiger charge is 2.23. The van der Waals surface area contributed by atoms with E-state index in [-0.39, 0.29) is 0 Å². The molecule has 3 aromatic heterocycles. The number of hydrogen-bond acceptors (Lipinski definition) is 7. The van der Waals surface area contributed by atoms with Gasteiger partial charge in [0.1, 0.15) is 0 Å². The zero-order valence-electron chi connectivity index (χ0n) is 40.4. The van der Waals surface area contributed by atoms with Crippen molar-refractivity contribution in [3.63, 3.8) is 0 Å². The average Bonchev–Trinajstić information content (AvgIpc) is 4.07. The maximum atomic E-state index is 9.98. The fourth-order valence-electron chi connectivity index (χ4n) is 10.5. The van der Waals surface area contributed by atoms with Crippen LogP contribution in [0.25, 0.3) is 123 Å². The van der Waals surface area contributed by atoms with E-state index in [1.54, 1.807) is 36.4 Å². The van der Waals surface area contributed by atoms with Crippen molar-refractivity contribution in [2.75, 3.05) is 0 Å². The van der Waals surface area contributed by atoms with Crippen molar-refractivity contribution in [2.45, 2.75) is 0 Å². The molecule has 13 rings (SSSR count). The van der Waals surface area contributed by atoms with Crippen molar-refractivity contribution < 1.29 is 0 Å². The molecule has 13 aromatic rings. The lowest BCUT2D eigenvalue weighted by Crippen LogP contribution is -2.04. The number of aromatic nitrogens is 5. The first-order chi connectivity index (χ1) is 37.4. The van der Waals surface area contributed by atoms with E-state index < -0.39 is 0 Å². The van der Waals surface area contributed by atoms with Gasteiger partial charge in [-0.3, -0.25) is 0 Å². The molecule has 0 amide bonds. The second kappa shape index (κ2) is 18.4. The predicted molar refractivity (Wildman–Crippen MR) is 300 cm³/mol. The van der Waals surface area contributed by atoms with Gasteiger partial charge in [0.05, 0.1) is 74.3 Å². The normalized spacial score (nSPS) is 11.1. The molecule has 0 unspecified atom stereocenters. The molecule has 0 aliphatic rings. The van der Waals surface area contributed by atoms with Crippen molar-refractivity contribution in [3.8, 4) is 103 Å². The van der Waals surface area contributed by atoms with Crippen LogP contribution in [0.4, 0.5) is 0 Å². The fourth-order valence-corrected chi connectivity index (χ4v) is 10.5. The molecule has 0 radical (unpaired) electrons. The van der Waals surface area contributed by atoms with E-state index in [0.29, 0.717) is 39.7 Å². The Balaban J connectivity index is 1.09. The van der Waals surface area contributed by atoms with Gasteiger partial charge < -0.3 is 9.13 Å². The van der Waals surface area contributed by atoms with Crippen LogP contribution in [0, 0.1) is 45.3 Å². The van der Waals surface area contributed by atoms with E-state index in [1.165, 1.54) is 0 Å². The van der Waals surface area contributed by atoms with Crippen LogP contribution in [0.15, 0.2) is 224 Å². The summed E-state index contributed by atoms with van der Waals surface area (Å²) in [6, 6.07) is 83.6. The Morgan fingerprint density at radius 3 is 1.16 bits per heavy atom. The largest absolute Gasteiger partial charge is 0.309 e. The van der Waals surface area contributed by atoms with Gasteiger partial charge in [0.15, 0.2) is 17.5 Å². The minimum atomic E-state index is 0.387. The maximum absolute atomic E-state index is 9.98. The zero-order valence-corrected chi connectivity index (χ0v) is 40.4. The summed E-state index contributed by atoms with van der Waals surface area (Å²) < 4.78 is 4.55. The third-order valence-corrected chi connectivity index (χ3v) is 14.0. The van der Waals surface area contributed by atoms with Gasteiger partial charge >= 0.3 is 0 Å². The molecule has 3 heterocycles. The third kappa shape index (κ3) is 7.75. The molecule has 350 valence electrons. The van der Waals surface area contributed by atoms with Crippen molar-refractivity contribution >= 4 is 43.6 Å². The molecule has 0 atom stereocenters. The van der Waals surface area contributed by atoms with Crippen LogP contribution < -0.4 is 0 Å². The summed E-state index contributed by atoms with van der Waals surface area (Å²) in [5.74, 6) is 1.53. The van der Waals surface area contributed by atoms with Crippen LogP contribution in [0.1, 0.15) is 22.3 Å². The van der Waals surface area contributed by atoms with Crippen LogP contribution in [0.3, 0.4) is 0 Å². The lowest BCUT2D eigenvalue weighted by molar-refractivity contribution is 1.06. The molecule has 0 bridgehead atoms. The first kappa shape index (κ1) is 44.7. The first-order valence-corrected chi connectivity index (χ1v) is 24.6. The average molecular weight is 968 g/mol. The van der Waals surface area contributed by atoms with Crippen molar-refractivity contribution in [3.05, 3.63) is 247 Å². The predicted octanol–water partition coefficient (Wildman–Crippen LogP) is 15.6. The minimum absolute atomic E-state index is 0.387. The molecular formula is C67H37N9. The Bertz CT molecular complexity index is 4420. The Labute approximate surface area is 436 Å². The number of benzene rings is 10. The van der Waals surface area contributed by atoms with Crippen LogP contribution in [-0.4, -0.2) is 24.1 Å². The van der Waals surface area contributed by atoms with Gasteiger partial charge in [-0.2, -0.15) is 21.0 Å². The summed E-state index contributed by atoms with van der Waals surface area (Å²) in [5, 5.41) is 44.0. The number of nitriles is 4. The minimum Gasteiger partial charge on any atom is -0.309 e. The van der Waals surface area contributed by atoms with Gasteiger partial charge in [-0.05, 0) is 137 Å². The number of fused-ring (bicyclic) bond motifs is 6. The summed E-state index contributed by atoms with van der Waals surface area (Å²) >= 11 is 0. The highest BCUT2D eigenvalue weighted by Crippen LogP contribution is 2.42. The highest BCUT2D eigenvalue weighted by atomic mass is 15.1. The molecule has 9 nitrogen and oxygen atoms in total. The lowest BCUT2D eigenvalue weighted by Gasteiger charge is -2.17. The Hall–Kier alpha value is -11.2. The van der Waals surface area contributed by atoms with Crippen molar-refractivity contribution in [1.82, 2.24) is 24.1 Å².